The van der Waals surface area contributed by atoms with Crippen LogP contribution in [0.1, 0.15) is 31.9 Å². The maximum atomic E-state index is 4.19. The molecular weight excluding hydrogens is 172 g/mol. The first-order chi connectivity index (χ1) is 6.74. The van der Waals surface area contributed by atoms with Crippen molar-refractivity contribution in [3.8, 4) is 0 Å². The summed E-state index contributed by atoms with van der Waals surface area (Å²) < 4.78 is 0. The number of anilines is 1. The molecule has 14 heavy (non-hydrogen) atoms. The fourth-order valence-electron chi connectivity index (χ4n) is 2.21. The van der Waals surface area contributed by atoms with Gasteiger partial charge in [0.1, 0.15) is 0 Å². The summed E-state index contributed by atoms with van der Waals surface area (Å²) in [6.45, 7) is 4.36. The molecule has 0 saturated heterocycles. The highest BCUT2D eigenvalue weighted by atomic mass is 14.9. The quantitative estimate of drug-likeness (QED) is 0.775. The maximum absolute atomic E-state index is 4.19. The molecule has 1 aliphatic rings. The molecule has 0 bridgehead atoms. The first-order valence-electron chi connectivity index (χ1n) is 5.43. The summed E-state index contributed by atoms with van der Waals surface area (Å²) in [6.07, 6.45) is 5.85. The van der Waals surface area contributed by atoms with Crippen molar-refractivity contribution in [2.75, 3.05) is 5.32 Å². The maximum Gasteiger partial charge on any atom is 0.0393 e. The summed E-state index contributed by atoms with van der Waals surface area (Å²) in [5.74, 6) is 0.885. The molecule has 1 fully saturated rings. The monoisotopic (exact) mass is 190 g/mol. The fourth-order valence-corrected chi connectivity index (χ4v) is 2.21. The molecule has 1 aromatic heterocycles. The molecule has 1 heterocycles. The van der Waals surface area contributed by atoms with Gasteiger partial charge < -0.3 is 5.32 Å². The van der Waals surface area contributed by atoms with E-state index < -0.39 is 0 Å². The first kappa shape index (κ1) is 9.50. The molecule has 1 saturated carbocycles. The smallest absolute Gasteiger partial charge is 0.0393 e. The Hall–Kier alpha value is -1.05. The summed E-state index contributed by atoms with van der Waals surface area (Å²) in [4.78, 5) is 4.19. The Morgan fingerprint density at radius 1 is 1.43 bits per heavy atom. The molecule has 2 unspecified atom stereocenters. The minimum absolute atomic E-state index is 0.673. The average Bonchev–Trinajstić information content (AvgIpc) is 2.51. The second-order valence-corrected chi connectivity index (χ2v) is 4.45. The summed E-state index contributed by atoms with van der Waals surface area (Å²) in [5, 5.41) is 3.57. The lowest BCUT2D eigenvalue weighted by molar-refractivity contribution is 0.602. The highest BCUT2D eigenvalue weighted by Crippen LogP contribution is 2.27. The number of hydrogen-bond acceptors (Lipinski definition) is 2. The van der Waals surface area contributed by atoms with E-state index in [0.29, 0.717) is 6.04 Å². The number of nitrogens with zero attached hydrogens (tertiary/aromatic N) is 1. The van der Waals surface area contributed by atoms with Gasteiger partial charge in [0, 0.05) is 23.6 Å². The van der Waals surface area contributed by atoms with E-state index in [1.807, 2.05) is 13.1 Å². The topological polar surface area (TPSA) is 24.9 Å². The molecule has 2 rings (SSSR count). The van der Waals surface area contributed by atoms with E-state index in [9.17, 15) is 0 Å². The Kier molecular flexibility index (Phi) is 2.71. The van der Waals surface area contributed by atoms with Crippen LogP contribution in [0.3, 0.4) is 0 Å². The van der Waals surface area contributed by atoms with Gasteiger partial charge in [0.15, 0.2) is 0 Å². The van der Waals surface area contributed by atoms with Crippen molar-refractivity contribution in [1.82, 2.24) is 4.98 Å². The third-order valence-electron chi connectivity index (χ3n) is 2.96. The van der Waals surface area contributed by atoms with E-state index in [-0.39, 0.29) is 0 Å². The molecule has 0 aromatic carbocycles. The average molecular weight is 190 g/mol. The van der Waals surface area contributed by atoms with Crippen LogP contribution in [0.4, 0.5) is 5.69 Å². The zero-order valence-corrected chi connectivity index (χ0v) is 8.96. The van der Waals surface area contributed by atoms with Gasteiger partial charge in [0.05, 0.1) is 0 Å². The lowest BCUT2D eigenvalue weighted by Gasteiger charge is -2.13. The van der Waals surface area contributed by atoms with Crippen molar-refractivity contribution in [2.24, 2.45) is 5.92 Å². The van der Waals surface area contributed by atoms with E-state index in [2.05, 4.69) is 29.4 Å². The molecule has 2 nitrogen and oxygen atoms in total. The molecule has 1 N–H and O–H groups in total. The summed E-state index contributed by atoms with van der Waals surface area (Å²) in [6, 6.07) is 4.84. The van der Waals surface area contributed by atoms with Crippen LogP contribution in [-0.4, -0.2) is 11.0 Å². The number of hydrogen-bond donors (Lipinski definition) is 1. The second-order valence-electron chi connectivity index (χ2n) is 4.45. The molecule has 2 atom stereocenters. The molecule has 1 aliphatic carbocycles. The van der Waals surface area contributed by atoms with Crippen molar-refractivity contribution in [1.29, 1.82) is 0 Å². The van der Waals surface area contributed by atoms with E-state index in [0.717, 1.165) is 11.6 Å². The number of rotatable bonds is 2. The third-order valence-corrected chi connectivity index (χ3v) is 2.96. The molecule has 76 valence electrons. The van der Waals surface area contributed by atoms with Gasteiger partial charge in [-0.25, -0.2) is 0 Å². The number of aromatic nitrogens is 1. The lowest BCUT2D eigenvalue weighted by Crippen LogP contribution is -2.15. The molecular formula is C12H18N2. The van der Waals surface area contributed by atoms with E-state index >= 15 is 0 Å². The largest absolute Gasteiger partial charge is 0.382 e. The Labute approximate surface area is 85.7 Å². The third kappa shape index (κ3) is 2.25. The van der Waals surface area contributed by atoms with Crippen molar-refractivity contribution < 1.29 is 0 Å². The zero-order valence-electron chi connectivity index (χ0n) is 8.96. The van der Waals surface area contributed by atoms with Crippen molar-refractivity contribution in [3.63, 3.8) is 0 Å². The number of aryl methyl sites for hydroxylation is 1. The van der Waals surface area contributed by atoms with Crippen LogP contribution in [0.2, 0.25) is 0 Å². The van der Waals surface area contributed by atoms with Gasteiger partial charge in [-0.3, -0.25) is 4.98 Å². The first-order valence-corrected chi connectivity index (χ1v) is 5.43. The van der Waals surface area contributed by atoms with Gasteiger partial charge in [-0.15, -0.1) is 0 Å². The van der Waals surface area contributed by atoms with E-state index in [1.165, 1.54) is 24.9 Å². The van der Waals surface area contributed by atoms with Crippen molar-refractivity contribution in [3.05, 3.63) is 24.0 Å². The molecule has 0 aliphatic heterocycles. The lowest BCUT2D eigenvalue weighted by atomic mass is 10.1. The predicted molar refractivity (Wildman–Crippen MR) is 59.4 cm³/mol. The number of pyridine rings is 1. The normalized spacial score (nSPS) is 26.4. The zero-order chi connectivity index (χ0) is 9.97. The van der Waals surface area contributed by atoms with Crippen LogP contribution in [0, 0.1) is 12.8 Å². The minimum Gasteiger partial charge on any atom is -0.382 e. The summed E-state index contributed by atoms with van der Waals surface area (Å²) in [5.41, 5.74) is 2.30. The highest BCUT2D eigenvalue weighted by molar-refractivity contribution is 5.44. The summed E-state index contributed by atoms with van der Waals surface area (Å²) in [7, 11) is 0. The fraction of sp³-hybridized carbons (Fsp3) is 0.583. The van der Waals surface area contributed by atoms with Crippen molar-refractivity contribution >= 4 is 5.69 Å². The SMILES string of the molecule is Cc1cc(NC2CCC(C)C2)ccn1. The molecule has 0 spiro atoms. The van der Waals surface area contributed by atoms with Crippen LogP contribution >= 0.6 is 0 Å². The molecule has 1 aromatic rings. The predicted octanol–water partition coefficient (Wildman–Crippen LogP) is 2.99. The Bertz CT molecular complexity index is 309. The highest BCUT2D eigenvalue weighted by Gasteiger charge is 2.20. The Morgan fingerprint density at radius 2 is 2.29 bits per heavy atom. The number of nitrogens with one attached hydrogen (secondary N) is 1. The van der Waals surface area contributed by atoms with Gasteiger partial charge >= 0.3 is 0 Å². The molecule has 2 heteroatoms. The Morgan fingerprint density at radius 3 is 2.93 bits per heavy atom. The van der Waals surface area contributed by atoms with E-state index in [4.69, 9.17) is 0 Å². The van der Waals surface area contributed by atoms with Crippen molar-refractivity contribution in [2.45, 2.75) is 39.2 Å². The van der Waals surface area contributed by atoms with Crippen LogP contribution in [0.5, 0.6) is 0 Å². The van der Waals surface area contributed by atoms with Gasteiger partial charge in [-0.05, 0) is 44.2 Å². The molecule has 0 amide bonds. The second kappa shape index (κ2) is 3.99. The van der Waals surface area contributed by atoms with Gasteiger partial charge in [-0.1, -0.05) is 6.92 Å². The van der Waals surface area contributed by atoms with Gasteiger partial charge in [0.2, 0.25) is 0 Å². The Balaban J connectivity index is 1.97. The van der Waals surface area contributed by atoms with Crippen LogP contribution in [0.25, 0.3) is 0 Å². The summed E-state index contributed by atoms with van der Waals surface area (Å²) >= 11 is 0. The minimum atomic E-state index is 0.673. The van der Waals surface area contributed by atoms with Gasteiger partial charge in [0.25, 0.3) is 0 Å². The van der Waals surface area contributed by atoms with E-state index in [1.54, 1.807) is 0 Å². The van der Waals surface area contributed by atoms with Crippen LogP contribution in [-0.2, 0) is 0 Å². The van der Waals surface area contributed by atoms with Crippen LogP contribution < -0.4 is 5.32 Å². The molecule has 0 radical (unpaired) electrons. The standard InChI is InChI=1S/C12H18N2/c1-9-3-4-11(7-9)14-12-5-6-13-10(2)8-12/h5-6,8-9,11H,3-4,7H2,1-2H3,(H,13,14). The van der Waals surface area contributed by atoms with Crippen LogP contribution in [0.15, 0.2) is 18.3 Å². The van der Waals surface area contributed by atoms with Gasteiger partial charge in [-0.2, -0.15) is 0 Å².